The molecule has 0 radical (unpaired) electrons. The molecule has 0 aromatic heterocycles. The second-order valence-corrected chi connectivity index (χ2v) is 5.02. The van der Waals surface area contributed by atoms with Crippen LogP contribution in [0, 0.1) is 0 Å². The number of carbonyl (C=O) groups is 1. The number of hydrogen-bond donors (Lipinski definition) is 0. The van der Waals surface area contributed by atoms with Crippen molar-refractivity contribution in [1.82, 2.24) is 0 Å². The largest absolute Gasteiger partial charge is 0.494 e. The minimum absolute atomic E-state index is 0.130. The Hall–Kier alpha value is -2.11. The number of benzene rings is 1. The van der Waals surface area contributed by atoms with Crippen LogP contribution < -0.4 is 4.74 Å². The number of unbranched alkanes of at least 4 members (excludes halogenated alkanes) is 2. The van der Waals surface area contributed by atoms with Gasteiger partial charge in [0.05, 0.1) is 6.61 Å². The van der Waals surface area contributed by atoms with Crippen LogP contribution in [0.25, 0.3) is 6.08 Å². The van der Waals surface area contributed by atoms with Gasteiger partial charge in [0.2, 0.25) is 0 Å². The Morgan fingerprint density at radius 2 is 1.88 bits per heavy atom. The molecule has 0 amide bonds. The predicted octanol–water partition coefficient (Wildman–Crippen LogP) is 3.95. The molecule has 1 aromatic carbocycles. The summed E-state index contributed by atoms with van der Waals surface area (Å²) in [7, 11) is 0. The molecular weight excluding hydrogens is 308 g/mol. The number of carbonyl (C=O) groups excluding carboxylic acids is 1. The fourth-order valence-electron chi connectivity index (χ4n) is 1.76. The third-order valence-corrected chi connectivity index (χ3v) is 2.99. The standard InChI is InChI=1S/C19H26O5/c1-3-5-6-14-21-18-10-7-17(8-11-18)9-12-19(20)22-15-16-24-23-13-4-2/h4,7-12H,2-3,5-6,13-16H2,1H3. The molecule has 0 N–H and O–H groups in total. The summed E-state index contributed by atoms with van der Waals surface area (Å²) in [5.41, 5.74) is 0.901. The third kappa shape index (κ3) is 9.82. The van der Waals surface area contributed by atoms with Crippen molar-refractivity contribution in [2.45, 2.75) is 26.2 Å². The SMILES string of the molecule is C=CCOOCCOC(=O)C=Cc1ccc(OCCCCC)cc1. The third-order valence-electron chi connectivity index (χ3n) is 2.99. The lowest BCUT2D eigenvalue weighted by molar-refractivity contribution is -0.290. The van der Waals surface area contributed by atoms with E-state index >= 15 is 0 Å². The van der Waals surface area contributed by atoms with E-state index in [1.165, 1.54) is 18.9 Å². The van der Waals surface area contributed by atoms with Crippen LogP contribution in [0.2, 0.25) is 0 Å². The molecular formula is C19H26O5. The monoisotopic (exact) mass is 334 g/mol. The predicted molar refractivity (Wildman–Crippen MR) is 93.6 cm³/mol. The fraction of sp³-hybridized carbons (Fsp3) is 0.421. The van der Waals surface area contributed by atoms with E-state index in [0.717, 1.165) is 24.3 Å². The summed E-state index contributed by atoms with van der Waals surface area (Å²) in [4.78, 5) is 21.0. The lowest BCUT2D eigenvalue weighted by Gasteiger charge is -2.05. The molecule has 1 rings (SSSR count). The Morgan fingerprint density at radius 3 is 2.58 bits per heavy atom. The van der Waals surface area contributed by atoms with Gasteiger partial charge in [0.15, 0.2) is 0 Å². The van der Waals surface area contributed by atoms with Gasteiger partial charge in [-0.25, -0.2) is 14.6 Å². The first-order valence-corrected chi connectivity index (χ1v) is 8.19. The van der Waals surface area contributed by atoms with Crippen molar-refractivity contribution < 1.29 is 24.0 Å². The highest BCUT2D eigenvalue weighted by molar-refractivity contribution is 5.87. The number of ether oxygens (including phenoxy) is 2. The Bertz CT molecular complexity index is 493. The fourth-order valence-corrected chi connectivity index (χ4v) is 1.76. The summed E-state index contributed by atoms with van der Waals surface area (Å²) in [6.45, 7) is 6.98. The van der Waals surface area contributed by atoms with E-state index < -0.39 is 5.97 Å². The first kappa shape index (κ1) is 19.9. The maximum atomic E-state index is 11.5. The topological polar surface area (TPSA) is 54.0 Å². The Kier molecular flexibility index (Phi) is 11.1. The molecule has 5 nitrogen and oxygen atoms in total. The summed E-state index contributed by atoms with van der Waals surface area (Å²) in [5.74, 6) is 0.407. The summed E-state index contributed by atoms with van der Waals surface area (Å²) in [6, 6.07) is 7.57. The molecule has 0 bridgehead atoms. The molecule has 24 heavy (non-hydrogen) atoms. The average Bonchev–Trinajstić information content (AvgIpc) is 2.61. The molecule has 132 valence electrons. The molecule has 0 spiro atoms. The Labute approximate surface area is 143 Å². The van der Waals surface area contributed by atoms with Crippen molar-refractivity contribution in [3.8, 4) is 5.75 Å². The van der Waals surface area contributed by atoms with Gasteiger partial charge in [-0.05, 0) is 30.2 Å². The van der Waals surface area contributed by atoms with Gasteiger partial charge >= 0.3 is 5.97 Å². The number of esters is 1. The zero-order valence-electron chi connectivity index (χ0n) is 14.2. The van der Waals surface area contributed by atoms with Gasteiger partial charge in [-0.2, -0.15) is 0 Å². The van der Waals surface area contributed by atoms with Crippen LogP contribution in [0.15, 0.2) is 43.0 Å². The van der Waals surface area contributed by atoms with Gasteiger partial charge in [0.25, 0.3) is 0 Å². The van der Waals surface area contributed by atoms with Crippen LogP contribution in [0.5, 0.6) is 5.75 Å². The van der Waals surface area contributed by atoms with Gasteiger partial charge < -0.3 is 9.47 Å². The molecule has 1 aromatic rings. The van der Waals surface area contributed by atoms with E-state index in [0.29, 0.717) is 6.61 Å². The Morgan fingerprint density at radius 1 is 1.08 bits per heavy atom. The van der Waals surface area contributed by atoms with Crippen molar-refractivity contribution in [1.29, 1.82) is 0 Å². The molecule has 0 aliphatic rings. The molecule has 0 unspecified atom stereocenters. The second-order valence-electron chi connectivity index (χ2n) is 5.02. The minimum Gasteiger partial charge on any atom is -0.494 e. The van der Waals surface area contributed by atoms with E-state index in [1.807, 2.05) is 24.3 Å². The maximum absolute atomic E-state index is 11.5. The lowest BCUT2D eigenvalue weighted by atomic mass is 10.2. The highest BCUT2D eigenvalue weighted by Gasteiger charge is 1.98. The first-order chi connectivity index (χ1) is 11.8. The zero-order chi connectivity index (χ0) is 17.5. The molecule has 0 heterocycles. The van der Waals surface area contributed by atoms with Gasteiger partial charge in [-0.3, -0.25) is 0 Å². The van der Waals surface area contributed by atoms with Crippen molar-refractivity contribution in [3.05, 3.63) is 48.6 Å². The molecule has 0 saturated heterocycles. The molecule has 0 fully saturated rings. The normalized spacial score (nSPS) is 10.7. The summed E-state index contributed by atoms with van der Waals surface area (Å²) >= 11 is 0. The molecule has 0 saturated carbocycles. The summed E-state index contributed by atoms with van der Waals surface area (Å²) in [6.07, 6.45) is 8.05. The molecule has 0 aliphatic heterocycles. The van der Waals surface area contributed by atoms with Crippen molar-refractivity contribution in [2.24, 2.45) is 0 Å². The van der Waals surface area contributed by atoms with Crippen LogP contribution in [-0.2, 0) is 19.3 Å². The second kappa shape index (κ2) is 13.3. The lowest BCUT2D eigenvalue weighted by Crippen LogP contribution is -2.08. The molecule has 5 heteroatoms. The van der Waals surface area contributed by atoms with Crippen LogP contribution in [0.4, 0.5) is 0 Å². The van der Waals surface area contributed by atoms with E-state index in [2.05, 4.69) is 13.5 Å². The zero-order valence-corrected chi connectivity index (χ0v) is 14.2. The Balaban J connectivity index is 2.23. The van der Waals surface area contributed by atoms with Crippen LogP contribution in [-0.4, -0.2) is 32.4 Å². The van der Waals surface area contributed by atoms with Gasteiger partial charge in [-0.1, -0.05) is 38.0 Å². The van der Waals surface area contributed by atoms with Crippen LogP contribution in [0.1, 0.15) is 31.7 Å². The molecule has 0 aliphatic carbocycles. The van der Waals surface area contributed by atoms with Crippen LogP contribution >= 0.6 is 0 Å². The van der Waals surface area contributed by atoms with E-state index in [1.54, 1.807) is 12.2 Å². The summed E-state index contributed by atoms with van der Waals surface area (Å²) < 4.78 is 10.6. The molecule has 0 atom stereocenters. The van der Waals surface area contributed by atoms with E-state index in [-0.39, 0.29) is 13.2 Å². The van der Waals surface area contributed by atoms with Crippen LogP contribution in [0.3, 0.4) is 0 Å². The highest BCUT2D eigenvalue weighted by Crippen LogP contribution is 2.14. The van der Waals surface area contributed by atoms with Gasteiger partial charge in [0.1, 0.15) is 25.6 Å². The van der Waals surface area contributed by atoms with Crippen molar-refractivity contribution in [3.63, 3.8) is 0 Å². The highest BCUT2D eigenvalue weighted by atomic mass is 17.2. The minimum atomic E-state index is -0.429. The van der Waals surface area contributed by atoms with E-state index in [9.17, 15) is 4.79 Å². The maximum Gasteiger partial charge on any atom is 0.330 e. The summed E-state index contributed by atoms with van der Waals surface area (Å²) in [5, 5.41) is 0. The van der Waals surface area contributed by atoms with Crippen molar-refractivity contribution in [2.75, 3.05) is 26.4 Å². The number of rotatable bonds is 13. The quantitative estimate of drug-likeness (QED) is 0.137. The van der Waals surface area contributed by atoms with Gasteiger partial charge in [0, 0.05) is 6.08 Å². The number of hydrogen-bond acceptors (Lipinski definition) is 5. The first-order valence-electron chi connectivity index (χ1n) is 8.19. The average molecular weight is 334 g/mol. The smallest absolute Gasteiger partial charge is 0.330 e. The van der Waals surface area contributed by atoms with Crippen molar-refractivity contribution >= 4 is 12.0 Å². The van der Waals surface area contributed by atoms with Gasteiger partial charge in [-0.15, -0.1) is 6.58 Å². The van der Waals surface area contributed by atoms with E-state index in [4.69, 9.17) is 19.2 Å².